The lowest BCUT2D eigenvalue weighted by Gasteiger charge is -2.30. The molecule has 116 valence electrons. The van der Waals surface area contributed by atoms with Gasteiger partial charge in [0, 0.05) is 6.20 Å². The fourth-order valence-electron chi connectivity index (χ4n) is 2.39. The smallest absolute Gasteiger partial charge is 0.322 e. The molecule has 22 heavy (non-hydrogen) atoms. The second-order valence-corrected chi connectivity index (χ2v) is 4.82. The highest BCUT2D eigenvalue weighted by molar-refractivity contribution is 5.79. The molecule has 2 heterocycles. The lowest BCUT2D eigenvalue weighted by molar-refractivity contribution is -0.134. The summed E-state index contributed by atoms with van der Waals surface area (Å²) in [6.07, 6.45) is 2.82. The third kappa shape index (κ3) is 3.48. The van der Waals surface area contributed by atoms with E-state index in [0.29, 0.717) is 12.8 Å². The Labute approximate surface area is 126 Å². The molecule has 0 saturated carbocycles. The molecule has 1 aromatic heterocycles. The second kappa shape index (κ2) is 7.33. The molecule has 2 rings (SSSR count). The van der Waals surface area contributed by atoms with Gasteiger partial charge in [0.25, 0.3) is 0 Å². The van der Waals surface area contributed by atoms with Crippen molar-refractivity contribution in [3.05, 3.63) is 22.7 Å². The van der Waals surface area contributed by atoms with Crippen LogP contribution in [0.5, 0.6) is 0 Å². The summed E-state index contributed by atoms with van der Waals surface area (Å²) in [5.74, 6) is -0.895. The Morgan fingerprint density at radius 1 is 1.59 bits per heavy atom. The number of nitrogens with one attached hydrogen (secondary N) is 2. The molecular weight excluding hydrogens is 288 g/mol. The molecule has 0 aliphatic carbocycles. The number of nitriles is 1. The van der Waals surface area contributed by atoms with E-state index in [1.54, 1.807) is 0 Å². The van der Waals surface area contributed by atoms with Crippen LogP contribution in [-0.2, 0) is 4.79 Å². The zero-order valence-corrected chi connectivity index (χ0v) is 11.8. The average Bonchev–Trinajstić information content (AvgIpc) is 2.55. The Morgan fingerprint density at radius 3 is 2.91 bits per heavy atom. The van der Waals surface area contributed by atoms with Gasteiger partial charge in [-0.3, -0.25) is 4.79 Å². The van der Waals surface area contributed by atoms with Crippen molar-refractivity contribution < 1.29 is 9.90 Å². The molecule has 1 saturated heterocycles. The molecule has 0 unspecified atom stereocenters. The van der Waals surface area contributed by atoms with E-state index in [4.69, 9.17) is 5.11 Å². The van der Waals surface area contributed by atoms with Crippen molar-refractivity contribution >= 4 is 17.5 Å². The lowest BCUT2D eigenvalue weighted by atomic mass is 10.1. The van der Waals surface area contributed by atoms with Crippen LogP contribution in [0.4, 0.5) is 11.5 Å². The van der Waals surface area contributed by atoms with E-state index in [1.807, 2.05) is 6.07 Å². The molecule has 0 spiro atoms. The highest BCUT2D eigenvalue weighted by atomic mass is 16.4. The van der Waals surface area contributed by atoms with E-state index in [9.17, 15) is 15.0 Å². The summed E-state index contributed by atoms with van der Waals surface area (Å²) >= 11 is 0. The van der Waals surface area contributed by atoms with Gasteiger partial charge in [0.2, 0.25) is 0 Å². The number of hydrogen-bond donors (Lipinski definition) is 3. The summed E-state index contributed by atoms with van der Waals surface area (Å²) in [6, 6.07) is 3.29. The van der Waals surface area contributed by atoms with Crippen molar-refractivity contribution in [2.24, 2.45) is 5.29 Å². The topological polar surface area (TPSA) is 131 Å². The van der Waals surface area contributed by atoms with Crippen molar-refractivity contribution in [2.75, 3.05) is 30.0 Å². The molecular formula is C13H16N6O3. The number of carboxylic acid groups (broad SMARTS) is 1. The van der Waals surface area contributed by atoms with Gasteiger partial charge in [-0.25, -0.2) is 9.99 Å². The highest BCUT2D eigenvalue weighted by Crippen LogP contribution is 2.30. The molecule has 0 radical (unpaired) electrons. The Balaban J connectivity index is 2.36. The van der Waals surface area contributed by atoms with Crippen LogP contribution in [-0.4, -0.2) is 41.7 Å². The van der Waals surface area contributed by atoms with Gasteiger partial charge in [-0.05, 0) is 32.0 Å². The monoisotopic (exact) mass is 304 g/mol. The van der Waals surface area contributed by atoms with Crippen LogP contribution >= 0.6 is 0 Å². The first-order chi connectivity index (χ1) is 10.7. The van der Waals surface area contributed by atoms with E-state index in [-0.39, 0.29) is 29.7 Å². The summed E-state index contributed by atoms with van der Waals surface area (Å²) < 4.78 is 0. The number of carboxylic acids is 1. The standard InChI is InChI=1S/C13H16N6O3/c14-7-9-1-6-16-13(12(9)17-8-11(20)21)19(18-22)10-2-4-15-5-3-10/h1,6,10,15,17H,2-5,8H2,(H,20,21). The van der Waals surface area contributed by atoms with Crippen LogP contribution in [0.15, 0.2) is 17.5 Å². The first-order valence-electron chi connectivity index (χ1n) is 6.85. The zero-order valence-electron chi connectivity index (χ0n) is 11.8. The van der Waals surface area contributed by atoms with Crippen molar-refractivity contribution in [2.45, 2.75) is 18.9 Å². The molecule has 1 aromatic rings. The zero-order chi connectivity index (χ0) is 15.9. The van der Waals surface area contributed by atoms with E-state index >= 15 is 0 Å². The van der Waals surface area contributed by atoms with E-state index in [0.717, 1.165) is 13.1 Å². The molecule has 1 aliphatic heterocycles. The minimum atomic E-state index is -1.08. The Morgan fingerprint density at radius 2 is 2.32 bits per heavy atom. The number of anilines is 2. The number of hydrogen-bond acceptors (Lipinski definition) is 7. The van der Waals surface area contributed by atoms with Gasteiger partial charge in [-0.1, -0.05) is 0 Å². The predicted octanol–water partition coefficient (Wildman–Crippen LogP) is 0.690. The maximum absolute atomic E-state index is 11.3. The first-order valence-corrected chi connectivity index (χ1v) is 6.85. The van der Waals surface area contributed by atoms with Crippen LogP contribution in [0.2, 0.25) is 0 Å². The third-order valence-electron chi connectivity index (χ3n) is 3.43. The fraction of sp³-hybridized carbons (Fsp3) is 0.462. The number of carbonyl (C=O) groups is 1. The van der Waals surface area contributed by atoms with Gasteiger partial charge in [0.15, 0.2) is 5.82 Å². The number of piperidine rings is 1. The molecule has 3 N–H and O–H groups in total. The average molecular weight is 304 g/mol. The quantitative estimate of drug-likeness (QED) is 0.517. The molecule has 0 amide bonds. The third-order valence-corrected chi connectivity index (χ3v) is 3.43. The molecule has 0 bridgehead atoms. The van der Waals surface area contributed by atoms with Crippen LogP contribution in [0.3, 0.4) is 0 Å². The van der Waals surface area contributed by atoms with Gasteiger partial charge in [-0.15, -0.1) is 4.91 Å². The minimum Gasteiger partial charge on any atom is -0.480 e. The van der Waals surface area contributed by atoms with Crippen LogP contribution in [0.25, 0.3) is 0 Å². The molecule has 1 aliphatic rings. The SMILES string of the molecule is N#Cc1ccnc(N(N=O)C2CCNCC2)c1NCC(=O)O. The van der Waals surface area contributed by atoms with Crippen molar-refractivity contribution in [1.29, 1.82) is 5.26 Å². The predicted molar refractivity (Wildman–Crippen MR) is 79.2 cm³/mol. The summed E-state index contributed by atoms with van der Waals surface area (Å²) in [4.78, 5) is 26.2. The van der Waals surface area contributed by atoms with Gasteiger partial charge in [-0.2, -0.15) is 5.26 Å². The molecule has 0 aromatic carbocycles. The van der Waals surface area contributed by atoms with Crippen molar-refractivity contribution in [3.8, 4) is 6.07 Å². The number of aromatic nitrogens is 1. The highest BCUT2D eigenvalue weighted by Gasteiger charge is 2.26. The van der Waals surface area contributed by atoms with E-state index < -0.39 is 5.97 Å². The number of nitroso groups, excluding NO2 is 1. The Bertz CT molecular complexity index is 594. The molecule has 1 fully saturated rings. The lowest BCUT2D eigenvalue weighted by Crippen LogP contribution is -2.41. The van der Waals surface area contributed by atoms with Crippen LogP contribution < -0.4 is 15.6 Å². The van der Waals surface area contributed by atoms with Gasteiger partial charge < -0.3 is 15.7 Å². The summed E-state index contributed by atoms with van der Waals surface area (Å²) in [6.45, 7) is 1.13. The number of rotatable bonds is 6. The van der Waals surface area contributed by atoms with Gasteiger partial charge >= 0.3 is 5.97 Å². The van der Waals surface area contributed by atoms with E-state index in [1.165, 1.54) is 17.3 Å². The first kappa shape index (κ1) is 15.7. The minimum absolute atomic E-state index is 0.134. The second-order valence-electron chi connectivity index (χ2n) is 4.82. The number of pyridine rings is 1. The summed E-state index contributed by atoms with van der Waals surface area (Å²) in [5.41, 5.74) is 0.430. The van der Waals surface area contributed by atoms with Crippen molar-refractivity contribution in [3.63, 3.8) is 0 Å². The number of aliphatic carboxylic acids is 1. The fourth-order valence-corrected chi connectivity index (χ4v) is 2.39. The maximum Gasteiger partial charge on any atom is 0.322 e. The van der Waals surface area contributed by atoms with Crippen molar-refractivity contribution in [1.82, 2.24) is 10.3 Å². The summed E-state index contributed by atoms with van der Waals surface area (Å²) in [7, 11) is 0. The maximum atomic E-state index is 11.3. The Kier molecular flexibility index (Phi) is 5.21. The van der Waals surface area contributed by atoms with E-state index in [2.05, 4.69) is 20.9 Å². The van der Waals surface area contributed by atoms with Crippen LogP contribution in [0.1, 0.15) is 18.4 Å². The van der Waals surface area contributed by atoms with Gasteiger partial charge in [0.05, 0.1) is 22.6 Å². The molecule has 9 heteroatoms. The number of nitrogens with zero attached hydrogens (tertiary/aromatic N) is 4. The summed E-state index contributed by atoms with van der Waals surface area (Å²) in [5, 5.41) is 28.1. The largest absolute Gasteiger partial charge is 0.480 e. The van der Waals surface area contributed by atoms with Crippen LogP contribution in [0, 0.1) is 16.2 Å². The van der Waals surface area contributed by atoms with Gasteiger partial charge in [0.1, 0.15) is 12.6 Å². The molecule has 9 nitrogen and oxygen atoms in total. The normalized spacial score (nSPS) is 14.9. The molecule has 0 atom stereocenters. The Hall–Kier alpha value is -2.73.